The maximum absolute atomic E-state index is 9.00. The van der Waals surface area contributed by atoms with Gasteiger partial charge in [0.1, 0.15) is 0 Å². The third-order valence-electron chi connectivity index (χ3n) is 3.35. The maximum atomic E-state index is 9.00. The van der Waals surface area contributed by atoms with Crippen molar-refractivity contribution in [3.05, 3.63) is 0 Å². The second-order valence-corrected chi connectivity index (χ2v) is 4.77. The van der Waals surface area contributed by atoms with Gasteiger partial charge in [-0.15, -0.1) is 0 Å². The van der Waals surface area contributed by atoms with Crippen molar-refractivity contribution in [2.75, 3.05) is 26.0 Å². The lowest BCUT2D eigenvalue weighted by molar-refractivity contribution is 0.0661. The third kappa shape index (κ3) is 2.61. The van der Waals surface area contributed by atoms with E-state index < -0.39 is 0 Å². The average Bonchev–Trinajstić information content (AvgIpc) is 2.09. The van der Waals surface area contributed by atoms with E-state index in [1.165, 1.54) is 19.3 Å². The first-order valence-electron chi connectivity index (χ1n) is 5.05. The van der Waals surface area contributed by atoms with Crippen molar-refractivity contribution in [1.29, 1.82) is 0 Å². The first-order valence-corrected chi connectivity index (χ1v) is 5.69. The zero-order valence-electron chi connectivity index (χ0n) is 8.66. The molecule has 13 heavy (non-hydrogen) atoms. The van der Waals surface area contributed by atoms with Crippen LogP contribution in [-0.2, 0) is 0 Å². The molecule has 3 heteroatoms. The molecular formula is C10H21NOS. The van der Waals surface area contributed by atoms with E-state index in [2.05, 4.69) is 31.5 Å². The summed E-state index contributed by atoms with van der Waals surface area (Å²) < 4.78 is 0. The molecule has 0 aromatic rings. The molecule has 0 radical (unpaired) electrons. The fraction of sp³-hybridized carbons (Fsp3) is 1.00. The Labute approximate surface area is 86.7 Å². The van der Waals surface area contributed by atoms with Crippen LogP contribution >= 0.6 is 12.6 Å². The number of hydrogen-bond donors (Lipinski definition) is 2. The molecule has 1 N–H and O–H groups in total. The summed E-state index contributed by atoms with van der Waals surface area (Å²) in [6, 6.07) is 0.275. The van der Waals surface area contributed by atoms with Gasteiger partial charge < -0.3 is 10.0 Å². The lowest BCUT2D eigenvalue weighted by Gasteiger charge is -2.44. The van der Waals surface area contributed by atoms with Crippen LogP contribution in [-0.4, -0.2) is 42.0 Å². The quantitative estimate of drug-likeness (QED) is 0.660. The number of aliphatic hydroxyl groups excluding tert-OH is 1. The molecule has 1 aliphatic carbocycles. The van der Waals surface area contributed by atoms with Crippen LogP contribution in [0.4, 0.5) is 0 Å². The van der Waals surface area contributed by atoms with Crippen LogP contribution < -0.4 is 0 Å². The molecule has 0 bridgehead atoms. The highest BCUT2D eigenvalue weighted by Gasteiger charge is 2.36. The van der Waals surface area contributed by atoms with Gasteiger partial charge in [-0.05, 0) is 38.0 Å². The van der Waals surface area contributed by atoms with E-state index in [4.69, 9.17) is 5.11 Å². The van der Waals surface area contributed by atoms with Gasteiger partial charge in [-0.25, -0.2) is 0 Å². The Hall–Kier alpha value is 0.270. The molecule has 1 saturated carbocycles. The number of hydrogen-bond acceptors (Lipinski definition) is 3. The van der Waals surface area contributed by atoms with Crippen molar-refractivity contribution in [3.8, 4) is 0 Å². The summed E-state index contributed by atoms with van der Waals surface area (Å²) in [5.74, 6) is 0.982. The number of thiol groups is 1. The van der Waals surface area contributed by atoms with Crippen LogP contribution in [0.2, 0.25) is 0 Å². The topological polar surface area (TPSA) is 23.5 Å². The molecule has 0 amide bonds. The normalized spacial score (nSPS) is 22.8. The summed E-state index contributed by atoms with van der Waals surface area (Å²) in [7, 11) is 2.09. The Balaban J connectivity index is 2.37. The zero-order valence-corrected chi connectivity index (χ0v) is 9.56. The minimum atomic E-state index is 0.249. The minimum absolute atomic E-state index is 0.249. The molecule has 1 fully saturated rings. The molecule has 0 aromatic heterocycles. The fourth-order valence-electron chi connectivity index (χ4n) is 1.87. The second-order valence-electron chi connectivity index (χ2n) is 4.46. The molecule has 78 valence electrons. The molecule has 0 spiro atoms. The highest BCUT2D eigenvalue weighted by atomic mass is 32.1. The summed E-state index contributed by atoms with van der Waals surface area (Å²) in [5.41, 5.74) is 0.446. The van der Waals surface area contributed by atoms with Gasteiger partial charge in [0, 0.05) is 12.6 Å². The SMILES string of the molecule is CC(CO)N(C)CC1(CS)CCC1. The average molecular weight is 203 g/mol. The van der Waals surface area contributed by atoms with Gasteiger partial charge in [-0.1, -0.05) is 6.42 Å². The molecule has 0 aromatic carbocycles. The molecule has 1 atom stereocenters. The summed E-state index contributed by atoms with van der Waals surface area (Å²) >= 11 is 4.42. The predicted octanol–water partition coefficient (Wildman–Crippen LogP) is 1.40. The van der Waals surface area contributed by atoms with Gasteiger partial charge in [0.2, 0.25) is 0 Å². The Kier molecular flexibility index (Phi) is 4.07. The standard InChI is InChI=1S/C10H21NOS/c1-9(6-12)11(2)7-10(8-13)4-3-5-10/h9,12-13H,3-8H2,1-2H3. The summed E-state index contributed by atoms with van der Waals surface area (Å²) in [6.07, 6.45) is 3.96. The minimum Gasteiger partial charge on any atom is -0.395 e. The molecule has 0 heterocycles. The van der Waals surface area contributed by atoms with E-state index in [1.54, 1.807) is 0 Å². The first kappa shape index (κ1) is 11.3. The highest BCUT2D eigenvalue weighted by Crippen LogP contribution is 2.42. The van der Waals surface area contributed by atoms with Crippen LogP contribution in [0.15, 0.2) is 0 Å². The summed E-state index contributed by atoms with van der Waals surface area (Å²) in [6.45, 7) is 3.39. The Bertz CT molecular complexity index is 153. The van der Waals surface area contributed by atoms with E-state index in [1.807, 2.05) is 0 Å². The number of rotatable bonds is 5. The van der Waals surface area contributed by atoms with Crippen LogP contribution in [0.3, 0.4) is 0 Å². The summed E-state index contributed by atoms with van der Waals surface area (Å²) in [5, 5.41) is 9.00. The zero-order chi connectivity index (χ0) is 9.90. The molecular weight excluding hydrogens is 182 g/mol. The van der Waals surface area contributed by atoms with Crippen LogP contribution in [0.25, 0.3) is 0 Å². The van der Waals surface area contributed by atoms with Crippen molar-refractivity contribution >= 4 is 12.6 Å². The first-order chi connectivity index (χ1) is 6.13. The number of likely N-dealkylation sites (N-methyl/N-ethyl adjacent to an activating group) is 1. The Morgan fingerprint density at radius 1 is 1.54 bits per heavy atom. The summed E-state index contributed by atoms with van der Waals surface area (Å²) in [4.78, 5) is 2.25. The molecule has 1 aliphatic rings. The largest absolute Gasteiger partial charge is 0.395 e. The fourth-order valence-corrected chi connectivity index (χ4v) is 2.28. The third-order valence-corrected chi connectivity index (χ3v) is 4.02. The van der Waals surface area contributed by atoms with Gasteiger partial charge in [-0.2, -0.15) is 12.6 Å². The van der Waals surface area contributed by atoms with Crippen molar-refractivity contribution in [1.82, 2.24) is 4.90 Å². The van der Waals surface area contributed by atoms with Crippen molar-refractivity contribution in [2.24, 2.45) is 5.41 Å². The van der Waals surface area contributed by atoms with Gasteiger partial charge in [-0.3, -0.25) is 0 Å². The van der Waals surface area contributed by atoms with Crippen LogP contribution in [0.5, 0.6) is 0 Å². The van der Waals surface area contributed by atoms with Gasteiger partial charge in [0.25, 0.3) is 0 Å². The van der Waals surface area contributed by atoms with E-state index in [9.17, 15) is 0 Å². The lowest BCUT2D eigenvalue weighted by Crippen LogP contribution is -2.46. The highest BCUT2D eigenvalue weighted by molar-refractivity contribution is 7.80. The lowest BCUT2D eigenvalue weighted by atomic mass is 9.70. The van der Waals surface area contributed by atoms with E-state index in [0.717, 1.165) is 12.3 Å². The smallest absolute Gasteiger partial charge is 0.0584 e. The molecule has 1 unspecified atom stereocenters. The maximum Gasteiger partial charge on any atom is 0.0584 e. The molecule has 1 rings (SSSR count). The van der Waals surface area contributed by atoms with Crippen molar-refractivity contribution < 1.29 is 5.11 Å². The van der Waals surface area contributed by atoms with Gasteiger partial charge in [0.15, 0.2) is 0 Å². The molecule has 0 aliphatic heterocycles. The Morgan fingerprint density at radius 2 is 2.15 bits per heavy atom. The Morgan fingerprint density at radius 3 is 2.46 bits per heavy atom. The molecule has 0 saturated heterocycles. The van der Waals surface area contributed by atoms with Gasteiger partial charge in [0.05, 0.1) is 6.61 Å². The van der Waals surface area contributed by atoms with E-state index in [-0.39, 0.29) is 12.6 Å². The number of aliphatic hydroxyl groups is 1. The van der Waals surface area contributed by atoms with E-state index in [0.29, 0.717) is 5.41 Å². The predicted molar refractivity (Wildman–Crippen MR) is 59.3 cm³/mol. The number of nitrogens with zero attached hydrogens (tertiary/aromatic N) is 1. The van der Waals surface area contributed by atoms with Crippen LogP contribution in [0.1, 0.15) is 26.2 Å². The van der Waals surface area contributed by atoms with E-state index >= 15 is 0 Å². The van der Waals surface area contributed by atoms with Crippen molar-refractivity contribution in [3.63, 3.8) is 0 Å². The van der Waals surface area contributed by atoms with Crippen molar-refractivity contribution in [2.45, 2.75) is 32.2 Å². The van der Waals surface area contributed by atoms with Crippen LogP contribution in [0, 0.1) is 5.41 Å². The van der Waals surface area contributed by atoms with Gasteiger partial charge >= 0.3 is 0 Å². The molecule has 2 nitrogen and oxygen atoms in total. The second kappa shape index (κ2) is 4.67. The monoisotopic (exact) mass is 203 g/mol.